The molecule has 2 heterocycles. The summed E-state index contributed by atoms with van der Waals surface area (Å²) in [7, 11) is -0.419. The highest BCUT2D eigenvalue weighted by atomic mass is 32.2. The minimum Gasteiger partial charge on any atom is -0.597 e. The van der Waals surface area contributed by atoms with Gasteiger partial charge in [0, 0.05) is 24.1 Å². The summed E-state index contributed by atoms with van der Waals surface area (Å²) in [6.07, 6.45) is 1.78. The summed E-state index contributed by atoms with van der Waals surface area (Å²) in [5.74, 6) is 0. The first-order chi connectivity index (χ1) is 11.8. The third-order valence-electron chi connectivity index (χ3n) is 5.24. The van der Waals surface area contributed by atoms with Crippen LogP contribution in [-0.2, 0) is 20.7 Å². The van der Waals surface area contributed by atoms with Gasteiger partial charge in [-0.15, -0.1) is 4.31 Å². The van der Waals surface area contributed by atoms with Gasteiger partial charge in [-0.25, -0.2) is 0 Å². The van der Waals surface area contributed by atoms with Crippen LogP contribution < -0.4 is 5.46 Å². The summed E-state index contributed by atoms with van der Waals surface area (Å²) in [6.45, 7) is 18.9. The van der Waals surface area contributed by atoms with Gasteiger partial charge in [0.1, 0.15) is 4.75 Å². The monoisotopic (exact) mass is 380 g/mol. The molecule has 0 radical (unpaired) electrons. The van der Waals surface area contributed by atoms with Gasteiger partial charge in [0.2, 0.25) is 0 Å². The Morgan fingerprint density at radius 3 is 2.23 bits per heavy atom. The zero-order valence-corrected chi connectivity index (χ0v) is 18.4. The molecule has 0 saturated carbocycles. The summed E-state index contributed by atoms with van der Waals surface area (Å²) in [5, 5.41) is 0. The van der Waals surface area contributed by atoms with Crippen LogP contribution in [0.5, 0.6) is 0 Å². The number of hydrogen-bond donors (Lipinski definition) is 0. The third-order valence-corrected chi connectivity index (χ3v) is 7.29. The molecule has 146 valence electrons. The second kappa shape index (κ2) is 7.43. The van der Waals surface area contributed by atoms with Crippen molar-refractivity contribution in [1.82, 2.24) is 9.29 Å². The fourth-order valence-electron chi connectivity index (χ4n) is 2.85. The molecule has 1 aromatic heterocycles. The lowest BCUT2D eigenvalue weighted by atomic mass is 9.79. The summed E-state index contributed by atoms with van der Waals surface area (Å²) < 4.78 is 26.9. The topological polar surface area (TPSA) is 57.7 Å². The quantitative estimate of drug-likeness (QED) is 0.580. The number of rotatable bonds is 5. The van der Waals surface area contributed by atoms with Crippen LogP contribution in [0.4, 0.5) is 0 Å². The Kier molecular flexibility index (Phi) is 6.21. The molecule has 1 aromatic rings. The molecule has 0 bridgehead atoms. The second-order valence-corrected chi connectivity index (χ2v) is 11.1. The van der Waals surface area contributed by atoms with Gasteiger partial charge in [0.15, 0.2) is 0 Å². The Bertz CT molecular complexity index is 617. The zero-order chi connectivity index (χ0) is 19.9. The van der Waals surface area contributed by atoms with E-state index in [9.17, 15) is 4.55 Å². The Morgan fingerprint density at radius 1 is 1.23 bits per heavy atom. The van der Waals surface area contributed by atoms with Gasteiger partial charge in [0.05, 0.1) is 22.9 Å². The highest BCUT2D eigenvalue weighted by molar-refractivity contribution is 7.90. The van der Waals surface area contributed by atoms with Crippen LogP contribution in [0.15, 0.2) is 18.3 Å². The van der Waals surface area contributed by atoms with E-state index in [1.807, 2.05) is 78.8 Å². The minimum absolute atomic E-state index is 0.0672. The molecule has 1 saturated heterocycles. The van der Waals surface area contributed by atoms with Crippen molar-refractivity contribution >= 4 is 23.9 Å². The zero-order valence-electron chi connectivity index (χ0n) is 17.6. The first-order valence-electron chi connectivity index (χ1n) is 9.30. The average molecular weight is 380 g/mol. The molecule has 1 fully saturated rings. The van der Waals surface area contributed by atoms with E-state index in [-0.39, 0.29) is 22.0 Å². The van der Waals surface area contributed by atoms with Crippen LogP contribution in [0.2, 0.25) is 0 Å². The van der Waals surface area contributed by atoms with Gasteiger partial charge in [0.25, 0.3) is 0 Å². The minimum atomic E-state index is -1.11. The first-order valence-corrected chi connectivity index (χ1v) is 10.4. The molecule has 2 atom stereocenters. The smallest absolute Gasteiger partial charge is 0.494 e. The molecule has 7 heteroatoms. The SMILES string of the molecule is CCN(C(C)c1cc(B2OC(C)(C)C(C)(C)O2)ccn1)[S@+]([O-])C(C)(C)C. The molecular weight excluding hydrogens is 347 g/mol. The van der Waals surface area contributed by atoms with Gasteiger partial charge in [-0.05, 0) is 79.9 Å². The van der Waals surface area contributed by atoms with Crippen molar-refractivity contribution in [2.75, 3.05) is 6.54 Å². The van der Waals surface area contributed by atoms with Crippen LogP contribution in [0.3, 0.4) is 0 Å². The number of hydrogen-bond acceptors (Lipinski definition) is 5. The summed E-state index contributed by atoms with van der Waals surface area (Å²) >= 11 is -1.11. The van der Waals surface area contributed by atoms with Crippen molar-refractivity contribution in [2.24, 2.45) is 0 Å². The van der Waals surface area contributed by atoms with Gasteiger partial charge < -0.3 is 13.9 Å². The molecule has 2 rings (SSSR count). The molecule has 0 N–H and O–H groups in total. The van der Waals surface area contributed by atoms with E-state index in [0.717, 1.165) is 11.2 Å². The van der Waals surface area contributed by atoms with Crippen LogP contribution in [0.1, 0.15) is 74.0 Å². The van der Waals surface area contributed by atoms with Crippen LogP contribution in [0.25, 0.3) is 0 Å². The van der Waals surface area contributed by atoms with Gasteiger partial charge >= 0.3 is 7.12 Å². The predicted octanol–water partition coefficient (Wildman–Crippen LogP) is 3.23. The highest BCUT2D eigenvalue weighted by Crippen LogP contribution is 2.36. The number of aromatic nitrogens is 1. The molecule has 0 amide bonds. The second-order valence-electron chi connectivity index (χ2n) is 8.87. The molecule has 1 unspecified atom stereocenters. The predicted molar refractivity (Wildman–Crippen MR) is 109 cm³/mol. The lowest BCUT2D eigenvalue weighted by Gasteiger charge is -2.35. The third kappa shape index (κ3) is 4.28. The van der Waals surface area contributed by atoms with E-state index in [1.165, 1.54) is 0 Å². The van der Waals surface area contributed by atoms with Crippen molar-refractivity contribution in [3.63, 3.8) is 0 Å². The fourth-order valence-corrected chi connectivity index (χ4v) is 4.19. The Balaban J connectivity index is 2.26. The van der Waals surface area contributed by atoms with Crippen molar-refractivity contribution in [1.29, 1.82) is 0 Å². The summed E-state index contributed by atoms with van der Waals surface area (Å²) in [5.41, 5.74) is 1.06. The molecule has 0 aliphatic carbocycles. The average Bonchev–Trinajstić information content (AvgIpc) is 2.75. The van der Waals surface area contributed by atoms with Crippen molar-refractivity contribution < 1.29 is 13.9 Å². The van der Waals surface area contributed by atoms with E-state index < -0.39 is 18.5 Å². The van der Waals surface area contributed by atoms with E-state index >= 15 is 0 Å². The van der Waals surface area contributed by atoms with Crippen LogP contribution in [0, 0.1) is 0 Å². The van der Waals surface area contributed by atoms with Crippen molar-refractivity contribution in [3.8, 4) is 0 Å². The number of pyridine rings is 1. The maximum absolute atomic E-state index is 12.9. The molecule has 1 aliphatic heterocycles. The van der Waals surface area contributed by atoms with E-state index in [2.05, 4.69) is 4.98 Å². The van der Waals surface area contributed by atoms with Gasteiger partial charge in [-0.2, -0.15) is 0 Å². The summed E-state index contributed by atoms with van der Waals surface area (Å²) in [4.78, 5) is 4.53. The van der Waals surface area contributed by atoms with Gasteiger partial charge in [-0.3, -0.25) is 4.98 Å². The molecular formula is C19H33BN2O3S. The van der Waals surface area contributed by atoms with E-state index in [4.69, 9.17) is 9.31 Å². The molecule has 1 aliphatic rings. The van der Waals surface area contributed by atoms with Crippen LogP contribution >= 0.6 is 0 Å². The highest BCUT2D eigenvalue weighted by Gasteiger charge is 2.51. The van der Waals surface area contributed by atoms with Crippen molar-refractivity contribution in [3.05, 3.63) is 24.0 Å². The van der Waals surface area contributed by atoms with Crippen molar-refractivity contribution in [2.45, 2.75) is 84.3 Å². The normalized spacial score (nSPS) is 21.9. The maximum Gasteiger partial charge on any atom is 0.494 e. The lowest BCUT2D eigenvalue weighted by molar-refractivity contribution is 0.00578. The number of nitrogens with zero attached hydrogens (tertiary/aromatic N) is 2. The molecule has 5 nitrogen and oxygen atoms in total. The lowest BCUT2D eigenvalue weighted by Crippen LogP contribution is -2.44. The standard InChI is InChI=1S/C19H33BN2O3S/c1-10-22(26(23)17(3,4)5)14(2)16-13-15(11-12-21-16)20-24-18(6,7)19(8,9)25-20/h11-14H,10H2,1-9H3/t14?,26-/m1/s1. The fraction of sp³-hybridized carbons (Fsp3) is 0.737. The Morgan fingerprint density at radius 2 is 1.77 bits per heavy atom. The largest absolute Gasteiger partial charge is 0.597 e. The first kappa shape index (κ1) is 21.7. The summed E-state index contributed by atoms with van der Waals surface area (Å²) in [6, 6.07) is 3.87. The van der Waals surface area contributed by atoms with Crippen LogP contribution in [-0.4, -0.2) is 43.5 Å². The maximum atomic E-state index is 12.9. The molecule has 26 heavy (non-hydrogen) atoms. The Labute approximate surface area is 162 Å². The van der Waals surface area contributed by atoms with E-state index in [0.29, 0.717) is 6.54 Å². The molecule has 0 spiro atoms. The molecule has 0 aromatic carbocycles. The van der Waals surface area contributed by atoms with Gasteiger partial charge in [-0.1, -0.05) is 0 Å². The Hall–Kier alpha value is -0.595. The van der Waals surface area contributed by atoms with E-state index in [1.54, 1.807) is 6.20 Å².